The van der Waals surface area contributed by atoms with Gasteiger partial charge in [0, 0.05) is 18.9 Å². The quantitative estimate of drug-likeness (QED) is 0.864. The Labute approximate surface area is 126 Å². The van der Waals surface area contributed by atoms with E-state index in [0.717, 1.165) is 6.42 Å². The number of benzene rings is 1. The maximum Gasteiger partial charge on any atom is 0.274 e. The van der Waals surface area contributed by atoms with Crippen LogP contribution < -0.4 is 15.0 Å². The van der Waals surface area contributed by atoms with Crippen molar-refractivity contribution in [2.45, 2.75) is 12.5 Å². The number of methoxy groups -OCH3 is 1. The van der Waals surface area contributed by atoms with E-state index in [1.54, 1.807) is 26.3 Å². The number of hydrogen-bond acceptors (Lipinski definition) is 5. The molecule has 2 heterocycles. The molecular weight excluding hydrogens is 296 g/mol. The van der Waals surface area contributed by atoms with Crippen LogP contribution in [0.5, 0.6) is 11.5 Å². The molecule has 0 amide bonds. The second-order valence-electron chi connectivity index (χ2n) is 4.87. The highest BCUT2D eigenvalue weighted by atomic mass is 35.5. The molecule has 0 spiro atoms. The molecular formula is C14H15ClN2O4. The van der Waals surface area contributed by atoms with Gasteiger partial charge in [0.05, 0.1) is 25.7 Å². The Bertz CT molecular complexity index is 738. The first-order chi connectivity index (χ1) is 10.1. The fourth-order valence-electron chi connectivity index (χ4n) is 2.35. The first-order valence-corrected chi connectivity index (χ1v) is 6.97. The smallest absolute Gasteiger partial charge is 0.274 e. The molecule has 7 heteroatoms. The molecule has 0 radical (unpaired) electrons. The molecule has 1 aliphatic heterocycles. The van der Waals surface area contributed by atoms with Gasteiger partial charge in [-0.2, -0.15) is 5.10 Å². The van der Waals surface area contributed by atoms with Crippen molar-refractivity contribution < 1.29 is 14.2 Å². The molecule has 2 aromatic rings. The van der Waals surface area contributed by atoms with E-state index in [1.807, 2.05) is 0 Å². The van der Waals surface area contributed by atoms with E-state index in [2.05, 4.69) is 5.10 Å². The summed E-state index contributed by atoms with van der Waals surface area (Å²) in [5, 5.41) is 5.21. The maximum absolute atomic E-state index is 12.2. The minimum atomic E-state index is -0.232. The molecule has 3 rings (SSSR count). The van der Waals surface area contributed by atoms with E-state index in [4.69, 9.17) is 25.8 Å². The lowest BCUT2D eigenvalue weighted by Gasteiger charge is -2.16. The van der Waals surface area contributed by atoms with Crippen LogP contribution in [0.25, 0.3) is 10.8 Å². The second kappa shape index (κ2) is 5.54. The Kier molecular flexibility index (Phi) is 3.73. The molecule has 6 nitrogen and oxygen atoms in total. The summed E-state index contributed by atoms with van der Waals surface area (Å²) in [6, 6.07) is 3.33. The highest BCUT2D eigenvalue weighted by Gasteiger charge is 2.20. The van der Waals surface area contributed by atoms with Gasteiger partial charge in [-0.3, -0.25) is 4.79 Å². The van der Waals surface area contributed by atoms with Gasteiger partial charge >= 0.3 is 0 Å². The molecule has 1 saturated heterocycles. The van der Waals surface area contributed by atoms with Crippen molar-refractivity contribution in [1.82, 2.24) is 9.78 Å². The molecule has 1 unspecified atom stereocenters. The van der Waals surface area contributed by atoms with E-state index in [-0.39, 0.29) is 16.8 Å². The Balaban J connectivity index is 2.14. The topological polar surface area (TPSA) is 62.6 Å². The maximum atomic E-state index is 12.2. The van der Waals surface area contributed by atoms with E-state index in [1.165, 1.54) is 4.68 Å². The largest absolute Gasteiger partial charge is 0.493 e. The summed E-state index contributed by atoms with van der Waals surface area (Å²) in [7, 11) is 3.10. The zero-order valence-corrected chi connectivity index (χ0v) is 12.5. The Morgan fingerprint density at radius 2 is 2.14 bits per heavy atom. The molecule has 1 aromatic carbocycles. The van der Waals surface area contributed by atoms with Crippen LogP contribution in [0.2, 0.25) is 5.15 Å². The Morgan fingerprint density at radius 1 is 1.38 bits per heavy atom. The van der Waals surface area contributed by atoms with Crippen molar-refractivity contribution in [3.05, 3.63) is 27.6 Å². The summed E-state index contributed by atoms with van der Waals surface area (Å²) >= 11 is 6.10. The molecule has 1 fully saturated rings. The molecule has 1 atom stereocenters. The SMILES string of the molecule is COc1cc2c(Cl)nn(C)c(=O)c2cc1OC1CCOC1. The third-order valence-corrected chi connectivity index (χ3v) is 3.75. The lowest BCUT2D eigenvalue weighted by atomic mass is 10.1. The average Bonchev–Trinajstić information content (AvgIpc) is 2.97. The molecule has 1 aliphatic rings. The molecule has 0 N–H and O–H groups in total. The molecule has 112 valence electrons. The number of aromatic nitrogens is 2. The Hall–Kier alpha value is -1.79. The van der Waals surface area contributed by atoms with Crippen molar-refractivity contribution in [3.63, 3.8) is 0 Å². The number of halogens is 1. The summed E-state index contributed by atoms with van der Waals surface area (Å²) in [4.78, 5) is 12.2. The lowest BCUT2D eigenvalue weighted by Crippen LogP contribution is -2.20. The van der Waals surface area contributed by atoms with Gasteiger partial charge in [-0.1, -0.05) is 11.6 Å². The third kappa shape index (κ3) is 2.56. The van der Waals surface area contributed by atoms with Gasteiger partial charge in [-0.15, -0.1) is 0 Å². The third-order valence-electron chi connectivity index (χ3n) is 3.47. The zero-order chi connectivity index (χ0) is 15.0. The van der Waals surface area contributed by atoms with Crippen LogP contribution in [-0.2, 0) is 11.8 Å². The molecule has 0 bridgehead atoms. The van der Waals surface area contributed by atoms with Crippen LogP contribution in [-0.4, -0.2) is 36.2 Å². The van der Waals surface area contributed by atoms with Gasteiger partial charge in [0.25, 0.3) is 5.56 Å². The fourth-order valence-corrected chi connectivity index (χ4v) is 2.62. The molecule has 0 aliphatic carbocycles. The van der Waals surface area contributed by atoms with Crippen LogP contribution >= 0.6 is 11.6 Å². The second-order valence-corrected chi connectivity index (χ2v) is 5.23. The summed E-state index contributed by atoms with van der Waals surface area (Å²) < 4.78 is 17.7. The highest BCUT2D eigenvalue weighted by molar-refractivity contribution is 6.34. The van der Waals surface area contributed by atoms with Crippen molar-refractivity contribution in [2.75, 3.05) is 20.3 Å². The van der Waals surface area contributed by atoms with Crippen LogP contribution in [0, 0.1) is 0 Å². The monoisotopic (exact) mass is 310 g/mol. The van der Waals surface area contributed by atoms with Gasteiger partial charge in [0.2, 0.25) is 0 Å². The highest BCUT2D eigenvalue weighted by Crippen LogP contribution is 2.34. The summed E-state index contributed by atoms with van der Waals surface area (Å²) in [5.41, 5.74) is -0.232. The van der Waals surface area contributed by atoms with E-state index in [9.17, 15) is 4.79 Å². The molecule has 21 heavy (non-hydrogen) atoms. The van der Waals surface area contributed by atoms with Gasteiger partial charge < -0.3 is 14.2 Å². The number of ether oxygens (including phenoxy) is 3. The van der Waals surface area contributed by atoms with Crippen molar-refractivity contribution in [2.24, 2.45) is 7.05 Å². The normalized spacial score (nSPS) is 18.1. The molecule has 0 saturated carbocycles. The van der Waals surface area contributed by atoms with Crippen molar-refractivity contribution >= 4 is 22.4 Å². The van der Waals surface area contributed by atoms with E-state index in [0.29, 0.717) is 35.5 Å². The number of nitrogens with zero attached hydrogens (tertiary/aromatic N) is 2. The predicted octanol–water partition coefficient (Wildman–Crippen LogP) is 1.76. The summed E-state index contributed by atoms with van der Waals surface area (Å²) in [6.07, 6.45) is 0.786. The summed E-state index contributed by atoms with van der Waals surface area (Å²) in [5.74, 6) is 1.03. The van der Waals surface area contributed by atoms with E-state index < -0.39 is 0 Å². The number of fused-ring (bicyclic) bond motifs is 1. The van der Waals surface area contributed by atoms with Crippen LogP contribution in [0.4, 0.5) is 0 Å². The van der Waals surface area contributed by atoms with Gasteiger partial charge in [-0.05, 0) is 12.1 Å². The average molecular weight is 311 g/mol. The fraction of sp³-hybridized carbons (Fsp3) is 0.429. The molecule has 1 aromatic heterocycles. The minimum absolute atomic E-state index is 0.0301. The van der Waals surface area contributed by atoms with Gasteiger partial charge in [0.1, 0.15) is 6.10 Å². The number of hydrogen-bond donors (Lipinski definition) is 0. The predicted molar refractivity (Wildman–Crippen MR) is 78.4 cm³/mol. The van der Waals surface area contributed by atoms with Crippen molar-refractivity contribution in [3.8, 4) is 11.5 Å². The minimum Gasteiger partial charge on any atom is -0.493 e. The van der Waals surface area contributed by atoms with Crippen LogP contribution in [0.1, 0.15) is 6.42 Å². The lowest BCUT2D eigenvalue weighted by molar-refractivity contribution is 0.139. The standard InChI is InChI=1S/C14H15ClN2O4/c1-17-14(18)10-6-12(21-8-3-4-20-7-8)11(19-2)5-9(10)13(15)16-17/h5-6,8H,3-4,7H2,1-2H3. The zero-order valence-electron chi connectivity index (χ0n) is 11.8. The number of aryl methyl sites for hydroxylation is 1. The number of rotatable bonds is 3. The van der Waals surface area contributed by atoms with Gasteiger partial charge in [-0.25, -0.2) is 4.68 Å². The summed E-state index contributed by atoms with van der Waals surface area (Å²) in [6.45, 7) is 1.22. The first kappa shape index (κ1) is 14.2. The van der Waals surface area contributed by atoms with Crippen molar-refractivity contribution in [1.29, 1.82) is 0 Å². The van der Waals surface area contributed by atoms with E-state index >= 15 is 0 Å². The van der Waals surface area contributed by atoms with Crippen LogP contribution in [0.15, 0.2) is 16.9 Å². The Morgan fingerprint density at radius 3 is 2.81 bits per heavy atom. The van der Waals surface area contributed by atoms with Gasteiger partial charge in [0.15, 0.2) is 16.7 Å². The first-order valence-electron chi connectivity index (χ1n) is 6.59. The van der Waals surface area contributed by atoms with Crippen LogP contribution in [0.3, 0.4) is 0 Å².